The predicted octanol–water partition coefficient (Wildman–Crippen LogP) is 3.10. The van der Waals surface area contributed by atoms with Gasteiger partial charge in [0, 0.05) is 5.69 Å². The Labute approximate surface area is 121 Å². The maximum Gasteiger partial charge on any atom is 0.265 e. The van der Waals surface area contributed by atoms with Gasteiger partial charge in [0.05, 0.1) is 11.6 Å². The second kappa shape index (κ2) is 6.53. The molecule has 0 unspecified atom stereocenters. The van der Waals surface area contributed by atoms with E-state index in [1.54, 1.807) is 36.4 Å². The molecule has 21 heavy (non-hydrogen) atoms. The third kappa shape index (κ3) is 3.80. The molecule has 1 N–H and O–H groups in total. The number of amides is 1. The molecular formula is C16H13FN2O2. The number of nitrogens with zero attached hydrogens (tertiary/aromatic N) is 1. The summed E-state index contributed by atoms with van der Waals surface area (Å²) in [7, 11) is 0. The van der Waals surface area contributed by atoms with Crippen molar-refractivity contribution in [1.82, 2.24) is 0 Å². The first kappa shape index (κ1) is 14.5. The molecule has 1 amide bonds. The zero-order valence-electron chi connectivity index (χ0n) is 11.3. The first-order chi connectivity index (χ1) is 10.1. The van der Waals surface area contributed by atoms with Crippen LogP contribution >= 0.6 is 0 Å². The largest absolute Gasteiger partial charge is 0.478 e. The normalized spacial score (nSPS) is 11.3. The molecule has 0 aliphatic rings. The van der Waals surface area contributed by atoms with Crippen molar-refractivity contribution in [2.45, 2.75) is 13.0 Å². The van der Waals surface area contributed by atoms with E-state index in [-0.39, 0.29) is 5.75 Å². The Kier molecular flexibility index (Phi) is 4.52. The van der Waals surface area contributed by atoms with E-state index in [2.05, 4.69) is 5.32 Å². The summed E-state index contributed by atoms with van der Waals surface area (Å²) >= 11 is 0. The van der Waals surface area contributed by atoms with Gasteiger partial charge in [-0.05, 0) is 43.3 Å². The van der Waals surface area contributed by atoms with Crippen molar-refractivity contribution in [3.05, 3.63) is 59.9 Å². The van der Waals surface area contributed by atoms with E-state index in [0.717, 1.165) is 0 Å². The van der Waals surface area contributed by atoms with Crippen molar-refractivity contribution in [3.63, 3.8) is 0 Å². The Morgan fingerprint density at radius 1 is 1.24 bits per heavy atom. The van der Waals surface area contributed by atoms with Crippen molar-refractivity contribution < 1.29 is 13.9 Å². The Bertz CT molecular complexity index is 677. The van der Waals surface area contributed by atoms with Crippen LogP contribution in [0.1, 0.15) is 12.5 Å². The summed E-state index contributed by atoms with van der Waals surface area (Å²) in [5, 5.41) is 11.3. The van der Waals surface area contributed by atoms with Crippen molar-refractivity contribution in [2.24, 2.45) is 0 Å². The average molecular weight is 284 g/mol. The lowest BCUT2D eigenvalue weighted by atomic mass is 10.2. The van der Waals surface area contributed by atoms with Gasteiger partial charge in [0.25, 0.3) is 5.91 Å². The van der Waals surface area contributed by atoms with E-state index >= 15 is 0 Å². The molecule has 2 aromatic carbocycles. The van der Waals surface area contributed by atoms with Crippen LogP contribution in [0, 0.1) is 17.1 Å². The van der Waals surface area contributed by atoms with Gasteiger partial charge in [0.1, 0.15) is 0 Å². The number of nitriles is 1. The highest BCUT2D eigenvalue weighted by atomic mass is 19.1. The van der Waals surface area contributed by atoms with Crippen molar-refractivity contribution in [3.8, 4) is 11.8 Å². The van der Waals surface area contributed by atoms with Crippen molar-refractivity contribution in [2.75, 3.05) is 5.32 Å². The van der Waals surface area contributed by atoms with E-state index in [1.807, 2.05) is 6.07 Å². The van der Waals surface area contributed by atoms with Crippen LogP contribution in [0.3, 0.4) is 0 Å². The fourth-order valence-electron chi connectivity index (χ4n) is 1.66. The molecular weight excluding hydrogens is 271 g/mol. The summed E-state index contributed by atoms with van der Waals surface area (Å²) in [6.07, 6.45) is -0.849. The zero-order chi connectivity index (χ0) is 15.2. The SMILES string of the molecule is C[C@@H](Oc1ccccc1F)C(=O)Nc1ccc(C#N)cc1. The summed E-state index contributed by atoms with van der Waals surface area (Å²) in [5.41, 5.74) is 1.05. The molecule has 0 spiro atoms. The number of anilines is 1. The molecule has 106 valence electrons. The highest BCUT2D eigenvalue weighted by Crippen LogP contribution is 2.17. The van der Waals surface area contributed by atoms with Crippen LogP contribution in [0.2, 0.25) is 0 Å². The summed E-state index contributed by atoms with van der Waals surface area (Å²) in [6, 6.07) is 14.3. The number of rotatable bonds is 4. The fraction of sp³-hybridized carbons (Fsp3) is 0.125. The van der Waals surface area contributed by atoms with Crippen LogP contribution in [-0.4, -0.2) is 12.0 Å². The minimum absolute atomic E-state index is 0.0278. The van der Waals surface area contributed by atoms with E-state index in [1.165, 1.54) is 19.1 Å². The Hall–Kier alpha value is -2.87. The summed E-state index contributed by atoms with van der Waals surface area (Å²) in [5.74, 6) is -0.890. The number of carbonyl (C=O) groups is 1. The van der Waals surface area contributed by atoms with E-state index in [4.69, 9.17) is 10.00 Å². The highest BCUT2D eigenvalue weighted by molar-refractivity contribution is 5.94. The maximum atomic E-state index is 13.4. The molecule has 0 fully saturated rings. The quantitative estimate of drug-likeness (QED) is 0.938. The summed E-state index contributed by atoms with van der Waals surface area (Å²) in [4.78, 5) is 12.0. The lowest BCUT2D eigenvalue weighted by Crippen LogP contribution is -2.30. The van der Waals surface area contributed by atoms with Gasteiger partial charge in [0.15, 0.2) is 17.7 Å². The smallest absolute Gasteiger partial charge is 0.265 e. The molecule has 0 saturated heterocycles. The number of para-hydroxylation sites is 1. The monoisotopic (exact) mass is 284 g/mol. The van der Waals surface area contributed by atoms with Gasteiger partial charge in [-0.2, -0.15) is 5.26 Å². The second-order valence-electron chi connectivity index (χ2n) is 4.37. The maximum absolute atomic E-state index is 13.4. The van der Waals surface area contributed by atoms with Crippen LogP contribution in [0.15, 0.2) is 48.5 Å². The minimum atomic E-state index is -0.849. The van der Waals surface area contributed by atoms with Gasteiger partial charge in [-0.25, -0.2) is 4.39 Å². The molecule has 0 aromatic heterocycles. The molecule has 0 aliphatic heterocycles. The van der Waals surface area contributed by atoms with E-state index in [0.29, 0.717) is 11.3 Å². The topological polar surface area (TPSA) is 62.1 Å². The number of nitrogens with one attached hydrogen (secondary N) is 1. The predicted molar refractivity (Wildman–Crippen MR) is 76.3 cm³/mol. The number of halogens is 1. The first-order valence-electron chi connectivity index (χ1n) is 6.32. The summed E-state index contributed by atoms with van der Waals surface area (Å²) < 4.78 is 18.7. The molecule has 4 nitrogen and oxygen atoms in total. The van der Waals surface area contributed by atoms with Crippen molar-refractivity contribution >= 4 is 11.6 Å². The van der Waals surface area contributed by atoms with Crippen LogP contribution < -0.4 is 10.1 Å². The fourth-order valence-corrected chi connectivity index (χ4v) is 1.66. The van der Waals surface area contributed by atoms with Gasteiger partial charge in [0.2, 0.25) is 0 Å². The van der Waals surface area contributed by atoms with Crippen LogP contribution in [0.5, 0.6) is 5.75 Å². The summed E-state index contributed by atoms with van der Waals surface area (Å²) in [6.45, 7) is 1.53. The van der Waals surface area contributed by atoms with Crippen LogP contribution in [-0.2, 0) is 4.79 Å². The molecule has 0 bridgehead atoms. The lowest BCUT2D eigenvalue weighted by Gasteiger charge is -2.15. The third-order valence-corrected chi connectivity index (χ3v) is 2.79. The number of hydrogen-bond donors (Lipinski definition) is 1. The molecule has 0 saturated carbocycles. The number of hydrogen-bond acceptors (Lipinski definition) is 3. The lowest BCUT2D eigenvalue weighted by molar-refractivity contribution is -0.122. The molecule has 2 rings (SSSR count). The second-order valence-corrected chi connectivity index (χ2v) is 4.37. The zero-order valence-corrected chi connectivity index (χ0v) is 11.3. The van der Waals surface area contributed by atoms with Gasteiger partial charge in [-0.15, -0.1) is 0 Å². The molecule has 0 heterocycles. The minimum Gasteiger partial charge on any atom is -0.478 e. The Morgan fingerprint density at radius 2 is 1.90 bits per heavy atom. The van der Waals surface area contributed by atoms with Crippen LogP contribution in [0.25, 0.3) is 0 Å². The number of benzene rings is 2. The first-order valence-corrected chi connectivity index (χ1v) is 6.32. The number of carbonyl (C=O) groups excluding carboxylic acids is 1. The van der Waals surface area contributed by atoms with Gasteiger partial charge >= 0.3 is 0 Å². The third-order valence-electron chi connectivity index (χ3n) is 2.79. The van der Waals surface area contributed by atoms with Crippen LogP contribution in [0.4, 0.5) is 10.1 Å². The van der Waals surface area contributed by atoms with Gasteiger partial charge in [-0.1, -0.05) is 12.1 Å². The highest BCUT2D eigenvalue weighted by Gasteiger charge is 2.16. The molecule has 0 radical (unpaired) electrons. The van der Waals surface area contributed by atoms with Crippen molar-refractivity contribution in [1.29, 1.82) is 5.26 Å². The molecule has 2 aromatic rings. The average Bonchev–Trinajstić information content (AvgIpc) is 2.50. The Morgan fingerprint density at radius 3 is 2.52 bits per heavy atom. The standard InChI is InChI=1S/C16H13FN2O2/c1-11(21-15-5-3-2-4-14(15)17)16(20)19-13-8-6-12(10-18)7-9-13/h2-9,11H,1H3,(H,19,20)/t11-/m1/s1. The van der Waals surface area contributed by atoms with E-state index in [9.17, 15) is 9.18 Å². The van der Waals surface area contributed by atoms with E-state index < -0.39 is 17.8 Å². The Balaban J connectivity index is 1.99. The molecule has 1 atom stereocenters. The molecule has 5 heteroatoms. The molecule has 0 aliphatic carbocycles. The van der Waals surface area contributed by atoms with Gasteiger partial charge < -0.3 is 10.1 Å². The number of ether oxygens (including phenoxy) is 1. The van der Waals surface area contributed by atoms with Gasteiger partial charge in [-0.3, -0.25) is 4.79 Å².